The van der Waals surface area contributed by atoms with Gasteiger partial charge in [-0.05, 0) is 41.0 Å². The second-order valence-electron chi connectivity index (χ2n) is 4.49. The van der Waals surface area contributed by atoms with Crippen LogP contribution in [0.25, 0.3) is 0 Å². The molecule has 0 amide bonds. The van der Waals surface area contributed by atoms with Gasteiger partial charge in [-0.15, -0.1) is 0 Å². The van der Waals surface area contributed by atoms with E-state index in [-0.39, 0.29) is 12.2 Å². The van der Waals surface area contributed by atoms with Gasteiger partial charge in [0, 0.05) is 12.2 Å². The topological polar surface area (TPSA) is 54.0 Å². The van der Waals surface area contributed by atoms with Crippen LogP contribution >= 0.6 is 0 Å². The molecule has 0 atom stereocenters. The Bertz CT molecular complexity index is 279. The summed E-state index contributed by atoms with van der Waals surface area (Å²) >= 11 is -2.28. The van der Waals surface area contributed by atoms with Gasteiger partial charge in [0.15, 0.2) is 0 Å². The van der Waals surface area contributed by atoms with Gasteiger partial charge in [0.2, 0.25) is 0 Å². The molecule has 0 aliphatic heterocycles. The van der Waals surface area contributed by atoms with Gasteiger partial charge in [-0.2, -0.15) is 0 Å². The van der Waals surface area contributed by atoms with Crippen LogP contribution in [-0.2, 0) is 20.9 Å². The Morgan fingerprint density at radius 1 is 1.11 bits per heavy atom. The first-order valence-corrected chi connectivity index (χ1v) is 8.15. The zero-order valence-electron chi connectivity index (χ0n) is 12.8. The van der Waals surface area contributed by atoms with Crippen molar-refractivity contribution in [3.8, 4) is 0 Å². The summed E-state index contributed by atoms with van der Waals surface area (Å²) < 4.78 is 21.8. The molecule has 110 valence electrons. The summed E-state index contributed by atoms with van der Waals surface area (Å²) in [5.74, 6) is 0.137. The standard InChI is InChI=1S/C7H12O3.2C3H7O.Al/c1-3-6(8)5-7(9)10-4-2;2*1-3(2)4;/h5,8H,3-4H2,1-2H3;2*3H,1-2H3;/q;2*-1;+3/p-1/b6-5-;;;. The predicted molar refractivity (Wildman–Crippen MR) is 74.3 cm³/mol. The molecule has 0 rings (SSSR count). The zero-order chi connectivity index (χ0) is 14.8. The highest BCUT2D eigenvalue weighted by Crippen LogP contribution is 2.10. The summed E-state index contributed by atoms with van der Waals surface area (Å²) in [5, 5.41) is 0. The van der Waals surface area contributed by atoms with Crippen molar-refractivity contribution in [1.29, 1.82) is 0 Å². The first-order valence-electron chi connectivity index (χ1n) is 6.73. The van der Waals surface area contributed by atoms with Crippen LogP contribution in [-0.4, -0.2) is 39.9 Å². The lowest BCUT2D eigenvalue weighted by Crippen LogP contribution is -2.32. The number of carbonyl (C=O) groups excluding carboxylic acids is 1. The summed E-state index contributed by atoms with van der Waals surface area (Å²) in [4.78, 5) is 11.4. The third-order valence-corrected chi connectivity index (χ3v) is 3.96. The fourth-order valence-electron chi connectivity index (χ4n) is 1.19. The molecule has 0 bridgehead atoms. The average molecular weight is 288 g/mol. The van der Waals surface area contributed by atoms with Crippen molar-refractivity contribution in [3.05, 3.63) is 11.8 Å². The van der Waals surface area contributed by atoms with Gasteiger partial charge in [-0.3, -0.25) is 0 Å². The van der Waals surface area contributed by atoms with Gasteiger partial charge < -0.3 is 16.1 Å². The molecule has 0 heterocycles. The van der Waals surface area contributed by atoms with Crippen LogP contribution < -0.4 is 0 Å². The molecule has 0 aromatic rings. The van der Waals surface area contributed by atoms with E-state index in [4.69, 9.17) is 16.1 Å². The Morgan fingerprint density at radius 3 is 2.00 bits per heavy atom. The number of esters is 1. The highest BCUT2D eigenvalue weighted by molar-refractivity contribution is 6.37. The van der Waals surface area contributed by atoms with Crippen molar-refractivity contribution in [3.63, 3.8) is 0 Å². The second kappa shape index (κ2) is 10.3. The first kappa shape index (κ1) is 18.5. The van der Waals surface area contributed by atoms with E-state index in [9.17, 15) is 4.79 Å². The molecule has 0 N–H and O–H groups in total. The van der Waals surface area contributed by atoms with Gasteiger partial charge in [-0.1, -0.05) is 6.92 Å². The third-order valence-electron chi connectivity index (χ3n) is 1.93. The van der Waals surface area contributed by atoms with Crippen LogP contribution in [0.15, 0.2) is 11.8 Å². The smallest absolute Gasteiger partial charge is 0.602 e. The van der Waals surface area contributed by atoms with Crippen LogP contribution in [0.2, 0.25) is 0 Å². The number of rotatable bonds is 9. The van der Waals surface area contributed by atoms with Crippen molar-refractivity contribution in [2.45, 2.75) is 60.2 Å². The normalized spacial score (nSPS) is 11.9. The highest BCUT2D eigenvalue weighted by atomic mass is 27.3. The molecule has 0 spiro atoms. The zero-order valence-corrected chi connectivity index (χ0v) is 13.9. The molecule has 0 unspecified atom stereocenters. The van der Waals surface area contributed by atoms with Gasteiger partial charge in [0.05, 0.1) is 18.4 Å². The number of hydrogen-bond acceptors (Lipinski definition) is 5. The van der Waals surface area contributed by atoms with E-state index >= 15 is 0 Å². The second-order valence-corrected chi connectivity index (χ2v) is 5.85. The van der Waals surface area contributed by atoms with Crippen LogP contribution in [0.4, 0.5) is 0 Å². The van der Waals surface area contributed by atoms with Gasteiger partial charge in [0.25, 0.3) is 0 Å². The van der Waals surface area contributed by atoms with Gasteiger partial charge in [0.1, 0.15) is 0 Å². The van der Waals surface area contributed by atoms with E-state index in [1.54, 1.807) is 6.92 Å². The molecular formula is C13H25AlO5. The number of hydrogen-bond donors (Lipinski definition) is 0. The Hall–Kier alpha value is -0.538. The maximum Gasteiger partial charge on any atom is 1.00 e. The molecule has 0 aromatic carbocycles. The van der Waals surface area contributed by atoms with Crippen LogP contribution in [0.3, 0.4) is 0 Å². The molecule has 5 nitrogen and oxygen atoms in total. The van der Waals surface area contributed by atoms with Crippen molar-refractivity contribution in [2.24, 2.45) is 0 Å². The Morgan fingerprint density at radius 2 is 1.63 bits per heavy atom. The largest absolute Gasteiger partial charge is 1.00 e. The summed E-state index contributed by atoms with van der Waals surface area (Å²) in [6, 6.07) is 0. The van der Waals surface area contributed by atoms with Gasteiger partial charge in [-0.25, -0.2) is 4.79 Å². The summed E-state index contributed by atoms with van der Waals surface area (Å²) in [5.41, 5.74) is 0. The lowest BCUT2D eigenvalue weighted by atomic mass is 10.4. The van der Waals surface area contributed by atoms with E-state index in [1.807, 2.05) is 34.6 Å². The molecule has 0 aliphatic rings. The number of allylic oxidation sites excluding steroid dienone is 1. The summed E-state index contributed by atoms with van der Waals surface area (Å²) in [7, 11) is 0. The third kappa shape index (κ3) is 9.97. The minimum absolute atomic E-state index is 0.0242. The lowest BCUT2D eigenvalue weighted by Gasteiger charge is -2.19. The molecule has 0 aromatic heterocycles. The lowest BCUT2D eigenvalue weighted by molar-refractivity contribution is -0.137. The maximum atomic E-state index is 11.4. The van der Waals surface area contributed by atoms with Crippen LogP contribution in [0.1, 0.15) is 48.0 Å². The van der Waals surface area contributed by atoms with E-state index in [1.165, 1.54) is 6.08 Å². The molecule has 6 heteroatoms. The van der Waals surface area contributed by atoms with Crippen LogP contribution in [0.5, 0.6) is 0 Å². The van der Waals surface area contributed by atoms with Crippen LogP contribution in [0, 0.1) is 0 Å². The van der Waals surface area contributed by atoms with E-state index in [0.29, 0.717) is 18.8 Å². The fraction of sp³-hybridized carbons (Fsp3) is 0.769. The fourth-order valence-corrected chi connectivity index (χ4v) is 2.74. The molecule has 0 fully saturated rings. The summed E-state index contributed by atoms with van der Waals surface area (Å²) in [6.07, 6.45) is 1.99. The number of ether oxygens (including phenoxy) is 1. The molecular weight excluding hydrogens is 263 g/mol. The van der Waals surface area contributed by atoms with E-state index < -0.39 is 21.1 Å². The monoisotopic (exact) mass is 288 g/mol. The summed E-state index contributed by atoms with van der Waals surface area (Å²) in [6.45, 7) is 11.7. The SMILES string of the molecule is CCOC(=O)/C=C(/CC)[O][Al]([O]C(C)C)[O]C(C)C. The van der Waals surface area contributed by atoms with Gasteiger partial charge >= 0.3 is 21.1 Å². The molecule has 0 aliphatic carbocycles. The first-order chi connectivity index (χ1) is 8.88. The Labute approximate surface area is 121 Å². The van der Waals surface area contributed by atoms with E-state index in [2.05, 4.69) is 0 Å². The predicted octanol–water partition coefficient (Wildman–Crippen LogP) is 2.69. The molecule has 0 saturated heterocycles. The highest BCUT2D eigenvalue weighted by Gasteiger charge is 2.37. The molecule has 0 saturated carbocycles. The Balaban J connectivity index is 4.62. The minimum atomic E-state index is -2.28. The average Bonchev–Trinajstić information content (AvgIpc) is 2.26. The number of carbonyl (C=O) groups is 1. The quantitative estimate of drug-likeness (QED) is 0.282. The van der Waals surface area contributed by atoms with E-state index in [0.717, 1.165) is 0 Å². The molecule has 19 heavy (non-hydrogen) atoms. The Kier molecular flexibility index (Phi) is 9.98. The van der Waals surface area contributed by atoms with Crippen molar-refractivity contribution in [1.82, 2.24) is 0 Å². The van der Waals surface area contributed by atoms with Crippen molar-refractivity contribution < 1.29 is 20.9 Å². The molecule has 0 radical (unpaired) electrons. The van der Waals surface area contributed by atoms with Crippen molar-refractivity contribution in [2.75, 3.05) is 6.61 Å². The maximum absolute atomic E-state index is 11.4. The minimum Gasteiger partial charge on any atom is -0.602 e. The van der Waals surface area contributed by atoms with Crippen molar-refractivity contribution >= 4 is 21.1 Å².